The van der Waals surface area contributed by atoms with Gasteiger partial charge in [-0.05, 0) is 38.5 Å². The molecular weight excluding hydrogens is 164 g/mol. The fraction of sp³-hybridized carbons (Fsp3) is 0.700. The molecule has 0 aromatic rings. The van der Waals surface area contributed by atoms with Gasteiger partial charge in [-0.15, -0.1) is 0 Å². The molecule has 1 rings (SSSR count). The Morgan fingerprint density at radius 1 is 1.31 bits per heavy atom. The number of amides is 1. The van der Waals surface area contributed by atoms with Crippen molar-refractivity contribution in [3.8, 4) is 0 Å². The second-order valence-electron chi connectivity index (χ2n) is 3.89. The molecule has 1 aliphatic carbocycles. The molecule has 1 fully saturated rings. The molecule has 0 unspecified atom stereocenters. The number of hydrogen-bond acceptors (Lipinski definition) is 2. The summed E-state index contributed by atoms with van der Waals surface area (Å²) in [5.41, 5.74) is 11.6. The predicted octanol–water partition coefficient (Wildman–Crippen LogP) is 0.936. The molecule has 1 amide bonds. The highest BCUT2D eigenvalue weighted by molar-refractivity contribution is 5.91. The van der Waals surface area contributed by atoms with Gasteiger partial charge in [0, 0.05) is 11.6 Å². The normalized spacial score (nSPS) is 30.2. The molecule has 0 aliphatic heterocycles. The third kappa shape index (κ3) is 3.19. The first-order chi connectivity index (χ1) is 6.09. The van der Waals surface area contributed by atoms with Crippen molar-refractivity contribution in [3.63, 3.8) is 0 Å². The summed E-state index contributed by atoms with van der Waals surface area (Å²) in [6.07, 6.45) is 6.30. The average molecular weight is 182 g/mol. The highest BCUT2D eigenvalue weighted by atomic mass is 16.1. The Kier molecular flexibility index (Phi) is 3.48. The Morgan fingerprint density at radius 2 is 1.85 bits per heavy atom. The lowest BCUT2D eigenvalue weighted by molar-refractivity contribution is -0.114. The number of carbonyl (C=O) groups is 1. The SMILES string of the molecule is CC(=CC1CCC(N)CC1)C(N)=O. The van der Waals surface area contributed by atoms with E-state index in [9.17, 15) is 4.79 Å². The van der Waals surface area contributed by atoms with Crippen LogP contribution in [0.3, 0.4) is 0 Å². The van der Waals surface area contributed by atoms with E-state index in [-0.39, 0.29) is 5.91 Å². The van der Waals surface area contributed by atoms with E-state index in [0.717, 1.165) is 25.7 Å². The van der Waals surface area contributed by atoms with Gasteiger partial charge >= 0.3 is 0 Å². The molecule has 74 valence electrons. The van der Waals surface area contributed by atoms with Crippen molar-refractivity contribution in [1.82, 2.24) is 0 Å². The van der Waals surface area contributed by atoms with Crippen LogP contribution >= 0.6 is 0 Å². The lowest BCUT2D eigenvalue weighted by atomic mass is 9.85. The van der Waals surface area contributed by atoms with Crippen LogP contribution in [0.15, 0.2) is 11.6 Å². The van der Waals surface area contributed by atoms with Gasteiger partial charge in [-0.2, -0.15) is 0 Å². The van der Waals surface area contributed by atoms with Crippen LogP contribution in [0.2, 0.25) is 0 Å². The van der Waals surface area contributed by atoms with E-state index < -0.39 is 0 Å². The third-order valence-electron chi connectivity index (χ3n) is 2.69. The summed E-state index contributed by atoms with van der Waals surface area (Å²) >= 11 is 0. The first-order valence-electron chi connectivity index (χ1n) is 4.83. The summed E-state index contributed by atoms with van der Waals surface area (Å²) in [4.78, 5) is 10.8. The van der Waals surface area contributed by atoms with Crippen LogP contribution < -0.4 is 11.5 Å². The number of allylic oxidation sites excluding steroid dienone is 1. The third-order valence-corrected chi connectivity index (χ3v) is 2.69. The van der Waals surface area contributed by atoms with Crippen molar-refractivity contribution in [2.24, 2.45) is 17.4 Å². The number of hydrogen-bond donors (Lipinski definition) is 2. The first kappa shape index (κ1) is 10.3. The molecule has 4 N–H and O–H groups in total. The summed E-state index contributed by atoms with van der Waals surface area (Å²) in [7, 11) is 0. The van der Waals surface area contributed by atoms with Crippen LogP contribution in [0.1, 0.15) is 32.6 Å². The van der Waals surface area contributed by atoms with Crippen molar-refractivity contribution >= 4 is 5.91 Å². The van der Waals surface area contributed by atoms with E-state index in [1.54, 1.807) is 6.92 Å². The smallest absolute Gasteiger partial charge is 0.244 e. The van der Waals surface area contributed by atoms with Crippen LogP contribution in [0, 0.1) is 5.92 Å². The van der Waals surface area contributed by atoms with Crippen LogP contribution in [0.25, 0.3) is 0 Å². The zero-order chi connectivity index (χ0) is 9.84. The highest BCUT2D eigenvalue weighted by Crippen LogP contribution is 2.24. The van der Waals surface area contributed by atoms with Crippen LogP contribution in [-0.2, 0) is 4.79 Å². The first-order valence-corrected chi connectivity index (χ1v) is 4.83. The van der Waals surface area contributed by atoms with E-state index in [0.29, 0.717) is 17.5 Å². The van der Waals surface area contributed by atoms with Gasteiger partial charge in [0.1, 0.15) is 0 Å². The molecule has 3 nitrogen and oxygen atoms in total. The minimum Gasteiger partial charge on any atom is -0.366 e. The molecule has 1 aliphatic rings. The molecule has 0 aromatic carbocycles. The summed E-state index contributed by atoms with van der Waals surface area (Å²) < 4.78 is 0. The van der Waals surface area contributed by atoms with Crippen molar-refractivity contribution in [3.05, 3.63) is 11.6 Å². The minimum atomic E-state index is -0.310. The Bertz CT molecular complexity index is 215. The number of rotatable bonds is 2. The average Bonchev–Trinajstić information content (AvgIpc) is 2.08. The van der Waals surface area contributed by atoms with Crippen LogP contribution in [-0.4, -0.2) is 11.9 Å². The minimum absolute atomic E-state index is 0.310. The monoisotopic (exact) mass is 182 g/mol. The lowest BCUT2D eigenvalue weighted by Crippen LogP contribution is -2.26. The second-order valence-corrected chi connectivity index (χ2v) is 3.89. The van der Waals surface area contributed by atoms with Gasteiger partial charge in [-0.1, -0.05) is 6.08 Å². The summed E-state index contributed by atoms with van der Waals surface area (Å²) in [5, 5.41) is 0. The predicted molar refractivity (Wildman–Crippen MR) is 52.9 cm³/mol. The Hall–Kier alpha value is -0.830. The Morgan fingerprint density at radius 3 is 2.31 bits per heavy atom. The fourth-order valence-corrected chi connectivity index (χ4v) is 1.75. The van der Waals surface area contributed by atoms with Crippen molar-refractivity contribution in [2.75, 3.05) is 0 Å². The number of carbonyl (C=O) groups excluding carboxylic acids is 1. The van der Waals surface area contributed by atoms with Crippen molar-refractivity contribution in [2.45, 2.75) is 38.6 Å². The zero-order valence-corrected chi connectivity index (χ0v) is 8.12. The lowest BCUT2D eigenvalue weighted by Gasteiger charge is -2.23. The molecular formula is C10H18N2O. The highest BCUT2D eigenvalue weighted by Gasteiger charge is 2.17. The number of nitrogens with two attached hydrogens (primary N) is 2. The molecule has 13 heavy (non-hydrogen) atoms. The van der Waals surface area contributed by atoms with E-state index in [1.807, 2.05) is 6.08 Å². The van der Waals surface area contributed by atoms with Crippen LogP contribution in [0.5, 0.6) is 0 Å². The largest absolute Gasteiger partial charge is 0.366 e. The quantitative estimate of drug-likeness (QED) is 0.624. The standard InChI is InChI=1S/C10H18N2O/c1-7(10(12)13)6-8-2-4-9(11)5-3-8/h6,8-9H,2-5,11H2,1H3,(H2,12,13). The van der Waals surface area contributed by atoms with E-state index >= 15 is 0 Å². The van der Waals surface area contributed by atoms with Gasteiger partial charge in [0.15, 0.2) is 0 Å². The zero-order valence-electron chi connectivity index (χ0n) is 8.12. The Labute approximate surface area is 79.2 Å². The van der Waals surface area contributed by atoms with Crippen molar-refractivity contribution < 1.29 is 4.79 Å². The molecule has 0 saturated heterocycles. The van der Waals surface area contributed by atoms with Gasteiger partial charge in [0.2, 0.25) is 5.91 Å². The molecule has 0 heterocycles. The summed E-state index contributed by atoms with van der Waals surface area (Å²) in [6.45, 7) is 1.77. The second kappa shape index (κ2) is 4.42. The van der Waals surface area contributed by atoms with Gasteiger partial charge in [-0.3, -0.25) is 4.79 Å². The maximum absolute atomic E-state index is 10.8. The molecule has 0 aromatic heterocycles. The Balaban J connectivity index is 2.46. The number of primary amides is 1. The molecule has 0 radical (unpaired) electrons. The summed E-state index contributed by atoms with van der Waals surface area (Å²) in [6, 6.07) is 0.360. The molecule has 3 heteroatoms. The van der Waals surface area contributed by atoms with E-state index in [4.69, 9.17) is 11.5 Å². The van der Waals surface area contributed by atoms with E-state index in [2.05, 4.69) is 0 Å². The topological polar surface area (TPSA) is 69.1 Å². The maximum atomic E-state index is 10.8. The van der Waals surface area contributed by atoms with Crippen LogP contribution in [0.4, 0.5) is 0 Å². The van der Waals surface area contributed by atoms with E-state index in [1.165, 1.54) is 0 Å². The maximum Gasteiger partial charge on any atom is 0.244 e. The molecule has 0 atom stereocenters. The van der Waals surface area contributed by atoms with Crippen molar-refractivity contribution in [1.29, 1.82) is 0 Å². The molecule has 1 saturated carbocycles. The van der Waals surface area contributed by atoms with Gasteiger partial charge in [0.25, 0.3) is 0 Å². The van der Waals surface area contributed by atoms with Gasteiger partial charge in [-0.25, -0.2) is 0 Å². The fourth-order valence-electron chi connectivity index (χ4n) is 1.75. The molecule has 0 bridgehead atoms. The van der Waals surface area contributed by atoms with Gasteiger partial charge in [0.05, 0.1) is 0 Å². The van der Waals surface area contributed by atoms with Gasteiger partial charge < -0.3 is 11.5 Å². The summed E-state index contributed by atoms with van der Waals surface area (Å²) in [5.74, 6) is 0.196. The molecule has 0 spiro atoms.